The van der Waals surface area contributed by atoms with Gasteiger partial charge in [0.25, 0.3) is 5.91 Å². The van der Waals surface area contributed by atoms with Gasteiger partial charge in [-0.2, -0.15) is 4.36 Å². The van der Waals surface area contributed by atoms with Crippen LogP contribution < -0.4 is 0 Å². The Bertz CT molecular complexity index is 1280. The van der Waals surface area contributed by atoms with Gasteiger partial charge >= 0.3 is 0 Å². The van der Waals surface area contributed by atoms with Crippen molar-refractivity contribution in [2.45, 2.75) is 18.7 Å². The molecule has 3 rings (SSSR count). The molecule has 0 aliphatic carbocycles. The van der Waals surface area contributed by atoms with Gasteiger partial charge in [0.05, 0.1) is 15.3 Å². The molecule has 146 valence electrons. The topological polar surface area (TPSA) is 79.6 Å². The molecular weight excluding hydrogens is 384 g/mol. The number of amides is 1. The normalized spacial score (nSPS) is 12.4. The summed E-state index contributed by atoms with van der Waals surface area (Å²) in [5.41, 5.74) is 3.44. The molecule has 1 heterocycles. The van der Waals surface area contributed by atoms with Gasteiger partial charge in [0.1, 0.15) is 5.75 Å². The van der Waals surface area contributed by atoms with Crippen molar-refractivity contribution in [1.29, 1.82) is 0 Å². The molecule has 1 amide bonds. The maximum Gasteiger partial charge on any atom is 0.286 e. The molecule has 1 unspecified atom stereocenters. The summed E-state index contributed by atoms with van der Waals surface area (Å²) >= 11 is 0. The van der Waals surface area contributed by atoms with Crippen molar-refractivity contribution in [1.82, 2.24) is 4.98 Å². The van der Waals surface area contributed by atoms with Crippen LogP contribution in [0.1, 0.15) is 32.6 Å². The van der Waals surface area contributed by atoms with E-state index in [0.29, 0.717) is 16.0 Å². The van der Waals surface area contributed by atoms with E-state index in [1.165, 1.54) is 18.6 Å². The van der Waals surface area contributed by atoms with E-state index < -0.39 is 15.6 Å². The second-order valence-electron chi connectivity index (χ2n) is 6.71. The van der Waals surface area contributed by atoms with Crippen LogP contribution >= 0.6 is 0 Å². The number of carbonyl (C=O) groups excluding carboxylic acids is 1. The average Bonchev–Trinajstić information content (AvgIpc) is 2.68. The number of aryl methyl sites for hydroxylation is 2. The van der Waals surface area contributed by atoms with Crippen molar-refractivity contribution in [3.05, 3.63) is 88.7 Å². The molecule has 0 saturated heterocycles. The second-order valence-corrected chi connectivity index (χ2v) is 8.97. The van der Waals surface area contributed by atoms with E-state index in [2.05, 4.69) is 21.2 Å². The van der Waals surface area contributed by atoms with Crippen molar-refractivity contribution >= 4 is 15.6 Å². The Morgan fingerprint density at radius 3 is 2.48 bits per heavy atom. The maximum atomic E-state index is 13.0. The van der Waals surface area contributed by atoms with E-state index >= 15 is 0 Å². The first-order valence-electron chi connectivity index (χ1n) is 8.84. The van der Waals surface area contributed by atoms with Gasteiger partial charge in [0.15, 0.2) is 0 Å². The highest BCUT2D eigenvalue weighted by molar-refractivity contribution is 7.93. The molecule has 0 radical (unpaired) electrons. The number of aromatic hydroxyl groups is 1. The molecule has 1 N–H and O–H groups in total. The van der Waals surface area contributed by atoms with Gasteiger partial charge in [0.2, 0.25) is 0 Å². The van der Waals surface area contributed by atoms with Crippen molar-refractivity contribution in [3.63, 3.8) is 0 Å². The largest absolute Gasteiger partial charge is 0.508 e. The lowest BCUT2D eigenvalue weighted by Gasteiger charge is -2.07. The van der Waals surface area contributed by atoms with Crippen LogP contribution in [0, 0.1) is 25.7 Å². The number of aromatic nitrogens is 1. The summed E-state index contributed by atoms with van der Waals surface area (Å²) in [5, 5.41) is 9.50. The first kappa shape index (κ1) is 20.3. The number of phenols is 1. The number of benzene rings is 2. The van der Waals surface area contributed by atoms with Crippen molar-refractivity contribution in [2.75, 3.05) is 6.26 Å². The Labute approximate surface area is 170 Å². The van der Waals surface area contributed by atoms with Gasteiger partial charge < -0.3 is 5.11 Å². The van der Waals surface area contributed by atoms with Crippen LogP contribution in [0.3, 0.4) is 0 Å². The highest BCUT2D eigenvalue weighted by Crippen LogP contribution is 2.18. The molecule has 0 fully saturated rings. The highest BCUT2D eigenvalue weighted by atomic mass is 32.2. The van der Waals surface area contributed by atoms with Crippen molar-refractivity contribution < 1.29 is 14.1 Å². The molecule has 0 aliphatic heterocycles. The second kappa shape index (κ2) is 8.29. The summed E-state index contributed by atoms with van der Waals surface area (Å²) in [5.74, 6) is 5.33. The summed E-state index contributed by atoms with van der Waals surface area (Å²) < 4.78 is 17.0. The SMILES string of the molecule is Cc1ccc(S(C)(=O)=NC(=O)c2cncc(C#Cc3cccc(O)c3)c2)cc1C. The first-order chi connectivity index (χ1) is 13.7. The Hall–Kier alpha value is -3.43. The van der Waals surface area contributed by atoms with E-state index in [1.54, 1.807) is 42.5 Å². The van der Waals surface area contributed by atoms with E-state index in [4.69, 9.17) is 0 Å². The average molecular weight is 404 g/mol. The number of hydrogen-bond donors (Lipinski definition) is 1. The zero-order valence-electron chi connectivity index (χ0n) is 16.3. The molecule has 1 atom stereocenters. The lowest BCUT2D eigenvalue weighted by Crippen LogP contribution is -2.05. The van der Waals surface area contributed by atoms with Crippen LogP contribution in [0.15, 0.2) is 70.2 Å². The predicted molar refractivity (Wildman–Crippen MR) is 113 cm³/mol. The highest BCUT2D eigenvalue weighted by Gasteiger charge is 2.13. The summed E-state index contributed by atoms with van der Waals surface area (Å²) in [6, 6.07) is 13.5. The Morgan fingerprint density at radius 2 is 1.76 bits per heavy atom. The van der Waals surface area contributed by atoms with Crippen LogP contribution in [0.25, 0.3) is 0 Å². The fourth-order valence-electron chi connectivity index (χ4n) is 2.57. The molecular formula is C23H20N2O3S. The molecule has 0 saturated carbocycles. The summed E-state index contributed by atoms with van der Waals surface area (Å²) in [6.45, 7) is 3.89. The van der Waals surface area contributed by atoms with Gasteiger partial charge in [0, 0.05) is 34.7 Å². The third-order valence-corrected chi connectivity index (χ3v) is 6.00. The third-order valence-electron chi connectivity index (χ3n) is 4.36. The molecule has 0 aliphatic rings. The minimum absolute atomic E-state index is 0.127. The maximum absolute atomic E-state index is 13.0. The lowest BCUT2D eigenvalue weighted by molar-refractivity contribution is 0.100. The monoisotopic (exact) mass is 404 g/mol. The summed E-state index contributed by atoms with van der Waals surface area (Å²) in [7, 11) is -2.89. The molecule has 5 nitrogen and oxygen atoms in total. The standard InChI is InChI=1S/C23H20N2O3S/c1-16-7-10-22(11-17(16)2)29(3,28)25-23(27)20-12-19(14-24-15-20)9-8-18-5-4-6-21(26)13-18/h4-7,10-15,26H,1-3H3. The number of phenolic OH excluding ortho intramolecular Hbond substituents is 1. The quantitative estimate of drug-likeness (QED) is 0.652. The summed E-state index contributed by atoms with van der Waals surface area (Å²) in [6.07, 6.45) is 4.36. The van der Waals surface area contributed by atoms with Gasteiger partial charge in [-0.25, -0.2) is 4.21 Å². The lowest BCUT2D eigenvalue weighted by atomic mass is 10.1. The first-order valence-corrected chi connectivity index (χ1v) is 10.8. The number of hydrogen-bond acceptors (Lipinski definition) is 4. The predicted octanol–water partition coefficient (Wildman–Crippen LogP) is 4.10. The molecule has 0 bridgehead atoms. The molecule has 0 spiro atoms. The zero-order chi connectivity index (χ0) is 21.0. The van der Waals surface area contributed by atoms with Crippen molar-refractivity contribution in [3.8, 4) is 17.6 Å². The third kappa shape index (κ3) is 5.09. The van der Waals surface area contributed by atoms with Crippen LogP contribution in [0.2, 0.25) is 0 Å². The minimum Gasteiger partial charge on any atom is -0.508 e. The van der Waals surface area contributed by atoms with Gasteiger partial charge in [-0.1, -0.05) is 24.0 Å². The van der Waals surface area contributed by atoms with Crippen molar-refractivity contribution in [2.24, 2.45) is 4.36 Å². The molecule has 3 aromatic rings. The summed E-state index contributed by atoms with van der Waals surface area (Å²) in [4.78, 5) is 17.1. The van der Waals surface area contributed by atoms with Crippen LogP contribution in [-0.2, 0) is 9.73 Å². The zero-order valence-corrected chi connectivity index (χ0v) is 17.2. The Kier molecular flexibility index (Phi) is 5.81. The van der Waals surface area contributed by atoms with E-state index in [9.17, 15) is 14.1 Å². The molecule has 2 aromatic carbocycles. The van der Waals surface area contributed by atoms with E-state index in [0.717, 1.165) is 11.1 Å². The van der Waals surface area contributed by atoms with Gasteiger partial charge in [-0.3, -0.25) is 9.78 Å². The van der Waals surface area contributed by atoms with Crippen LogP contribution in [0.4, 0.5) is 0 Å². The molecule has 6 heteroatoms. The Balaban J connectivity index is 1.90. The number of pyridine rings is 1. The van der Waals surface area contributed by atoms with Gasteiger partial charge in [-0.05, 0) is 61.4 Å². The smallest absolute Gasteiger partial charge is 0.286 e. The Morgan fingerprint density at radius 1 is 1.00 bits per heavy atom. The minimum atomic E-state index is -2.89. The number of carbonyl (C=O) groups is 1. The van der Waals surface area contributed by atoms with Crippen LogP contribution in [-0.4, -0.2) is 26.5 Å². The fourth-order valence-corrected chi connectivity index (χ4v) is 3.81. The number of rotatable bonds is 2. The van der Waals surface area contributed by atoms with E-state index in [1.807, 2.05) is 19.9 Å². The van der Waals surface area contributed by atoms with E-state index in [-0.39, 0.29) is 11.3 Å². The number of nitrogens with zero attached hydrogens (tertiary/aromatic N) is 2. The van der Waals surface area contributed by atoms with Gasteiger partial charge in [-0.15, -0.1) is 0 Å². The fraction of sp³-hybridized carbons (Fsp3) is 0.130. The molecule has 1 aromatic heterocycles. The molecule has 29 heavy (non-hydrogen) atoms. The van der Waals surface area contributed by atoms with Crippen LogP contribution in [0.5, 0.6) is 5.75 Å².